The van der Waals surface area contributed by atoms with Gasteiger partial charge in [0, 0.05) is 13.1 Å². The maximum atomic E-state index is 5.17. The second-order valence-electron chi connectivity index (χ2n) is 5.51. The van der Waals surface area contributed by atoms with Crippen molar-refractivity contribution in [2.24, 2.45) is 0 Å². The van der Waals surface area contributed by atoms with Crippen LogP contribution in [0.15, 0.2) is 78.9 Å². The fourth-order valence-corrected chi connectivity index (χ4v) is 2.54. The van der Waals surface area contributed by atoms with Crippen LogP contribution in [0.1, 0.15) is 11.1 Å². The van der Waals surface area contributed by atoms with Gasteiger partial charge >= 0.3 is 0 Å². The van der Waals surface area contributed by atoms with Crippen LogP contribution in [0.5, 0.6) is 5.75 Å². The lowest BCUT2D eigenvalue weighted by atomic mass is 10.0. The molecule has 0 heterocycles. The average Bonchev–Trinajstić information content (AvgIpc) is 2.64. The minimum absolute atomic E-state index is 0.852. The van der Waals surface area contributed by atoms with Crippen molar-refractivity contribution < 1.29 is 4.74 Å². The Hall–Kier alpha value is -2.58. The van der Waals surface area contributed by atoms with Crippen molar-refractivity contribution in [3.63, 3.8) is 0 Å². The molecule has 0 amide bonds. The number of nitrogens with one attached hydrogen (secondary N) is 1. The molecule has 116 valence electrons. The van der Waals surface area contributed by atoms with Crippen molar-refractivity contribution in [2.45, 2.75) is 13.1 Å². The first-order chi connectivity index (χ1) is 11.3. The van der Waals surface area contributed by atoms with E-state index >= 15 is 0 Å². The molecule has 3 aromatic rings. The summed E-state index contributed by atoms with van der Waals surface area (Å²) in [5.74, 6) is 0.894. The predicted molar refractivity (Wildman–Crippen MR) is 95.4 cm³/mol. The van der Waals surface area contributed by atoms with Crippen molar-refractivity contribution >= 4 is 0 Å². The minimum Gasteiger partial charge on any atom is -0.497 e. The van der Waals surface area contributed by atoms with Crippen LogP contribution in [0.2, 0.25) is 0 Å². The maximum absolute atomic E-state index is 5.17. The van der Waals surface area contributed by atoms with Crippen LogP contribution in [0.3, 0.4) is 0 Å². The molecule has 0 saturated heterocycles. The highest BCUT2D eigenvalue weighted by Crippen LogP contribution is 2.19. The number of ether oxygens (including phenoxy) is 1. The quantitative estimate of drug-likeness (QED) is 0.715. The van der Waals surface area contributed by atoms with Crippen molar-refractivity contribution in [3.8, 4) is 16.9 Å². The van der Waals surface area contributed by atoms with Gasteiger partial charge in [0.05, 0.1) is 7.11 Å². The monoisotopic (exact) mass is 303 g/mol. The smallest absolute Gasteiger partial charge is 0.118 e. The van der Waals surface area contributed by atoms with Crippen molar-refractivity contribution in [2.75, 3.05) is 7.11 Å². The molecule has 2 nitrogen and oxygen atoms in total. The molecule has 0 aliphatic heterocycles. The highest BCUT2D eigenvalue weighted by Gasteiger charge is 1.98. The summed E-state index contributed by atoms with van der Waals surface area (Å²) in [4.78, 5) is 0. The zero-order chi connectivity index (χ0) is 15.9. The molecule has 0 fully saturated rings. The molecule has 0 saturated carbocycles. The molecule has 0 unspecified atom stereocenters. The molecule has 0 aliphatic rings. The van der Waals surface area contributed by atoms with Crippen LogP contribution < -0.4 is 10.1 Å². The molecule has 3 rings (SSSR count). The van der Waals surface area contributed by atoms with Crippen molar-refractivity contribution in [1.29, 1.82) is 0 Å². The maximum Gasteiger partial charge on any atom is 0.118 e. The lowest BCUT2D eigenvalue weighted by molar-refractivity contribution is 0.414. The van der Waals surface area contributed by atoms with E-state index in [1.807, 2.05) is 18.2 Å². The first kappa shape index (κ1) is 15.3. The Morgan fingerprint density at radius 2 is 1.17 bits per heavy atom. The Labute approximate surface area is 137 Å². The molecule has 2 heteroatoms. The van der Waals surface area contributed by atoms with Gasteiger partial charge in [0.25, 0.3) is 0 Å². The summed E-state index contributed by atoms with van der Waals surface area (Å²) in [6.07, 6.45) is 0. The number of rotatable bonds is 6. The van der Waals surface area contributed by atoms with Gasteiger partial charge in [-0.2, -0.15) is 0 Å². The van der Waals surface area contributed by atoms with E-state index in [9.17, 15) is 0 Å². The summed E-state index contributed by atoms with van der Waals surface area (Å²) in [6.45, 7) is 1.71. The Balaban J connectivity index is 1.54. The van der Waals surface area contributed by atoms with Gasteiger partial charge in [-0.25, -0.2) is 0 Å². The van der Waals surface area contributed by atoms with Crippen molar-refractivity contribution in [3.05, 3.63) is 90.0 Å². The van der Waals surface area contributed by atoms with Gasteiger partial charge in [0.15, 0.2) is 0 Å². The van der Waals surface area contributed by atoms with Crippen LogP contribution in [0.4, 0.5) is 0 Å². The Morgan fingerprint density at radius 1 is 0.652 bits per heavy atom. The van der Waals surface area contributed by atoms with Crippen LogP contribution >= 0.6 is 0 Å². The largest absolute Gasteiger partial charge is 0.497 e. The highest BCUT2D eigenvalue weighted by molar-refractivity contribution is 5.63. The second kappa shape index (κ2) is 7.61. The van der Waals surface area contributed by atoms with Gasteiger partial charge in [-0.3, -0.25) is 0 Å². The number of methoxy groups -OCH3 is 1. The van der Waals surface area contributed by atoms with Crippen LogP contribution in [0.25, 0.3) is 11.1 Å². The van der Waals surface area contributed by atoms with E-state index in [1.54, 1.807) is 7.11 Å². The summed E-state index contributed by atoms with van der Waals surface area (Å²) in [5.41, 5.74) is 5.06. The standard InChI is InChI=1S/C21H21NO/c1-23-21-13-9-18(10-14-21)16-22-15-17-7-11-20(12-8-17)19-5-3-2-4-6-19/h2-14,22H,15-16H2,1H3. The van der Waals surface area contributed by atoms with Gasteiger partial charge in [-0.05, 0) is 34.4 Å². The first-order valence-corrected chi connectivity index (χ1v) is 7.83. The SMILES string of the molecule is COc1ccc(CNCc2ccc(-c3ccccc3)cc2)cc1. The molecule has 0 radical (unpaired) electrons. The Kier molecular flexibility index (Phi) is 5.07. The summed E-state index contributed by atoms with van der Waals surface area (Å²) in [6, 6.07) is 27.3. The van der Waals surface area contributed by atoms with E-state index in [0.717, 1.165) is 18.8 Å². The van der Waals surface area contributed by atoms with Gasteiger partial charge < -0.3 is 10.1 Å². The highest BCUT2D eigenvalue weighted by atomic mass is 16.5. The Morgan fingerprint density at radius 3 is 1.74 bits per heavy atom. The molecule has 0 atom stereocenters. The zero-order valence-electron chi connectivity index (χ0n) is 13.3. The second-order valence-corrected chi connectivity index (χ2v) is 5.51. The summed E-state index contributed by atoms with van der Waals surface area (Å²) in [5, 5.41) is 3.47. The molecular weight excluding hydrogens is 282 g/mol. The van der Waals surface area contributed by atoms with Gasteiger partial charge in [0.1, 0.15) is 5.75 Å². The van der Waals surface area contributed by atoms with Crippen LogP contribution in [-0.2, 0) is 13.1 Å². The summed E-state index contributed by atoms with van der Waals surface area (Å²) >= 11 is 0. The fraction of sp³-hybridized carbons (Fsp3) is 0.143. The third-order valence-corrected chi connectivity index (χ3v) is 3.88. The van der Waals surface area contributed by atoms with E-state index in [0.29, 0.717) is 0 Å². The molecule has 23 heavy (non-hydrogen) atoms. The Bertz CT molecular complexity index is 718. The zero-order valence-corrected chi connectivity index (χ0v) is 13.3. The average molecular weight is 303 g/mol. The minimum atomic E-state index is 0.852. The predicted octanol–water partition coefficient (Wildman–Crippen LogP) is 4.65. The molecule has 1 N–H and O–H groups in total. The third-order valence-electron chi connectivity index (χ3n) is 3.88. The van der Waals surface area contributed by atoms with E-state index in [-0.39, 0.29) is 0 Å². The number of hydrogen-bond donors (Lipinski definition) is 1. The topological polar surface area (TPSA) is 21.3 Å². The van der Waals surface area contributed by atoms with Gasteiger partial charge in [-0.1, -0.05) is 66.7 Å². The van der Waals surface area contributed by atoms with Crippen LogP contribution in [0, 0.1) is 0 Å². The normalized spacial score (nSPS) is 10.5. The molecule has 0 aromatic heterocycles. The lowest BCUT2D eigenvalue weighted by Crippen LogP contribution is -2.12. The van der Waals surface area contributed by atoms with E-state index in [1.165, 1.54) is 22.3 Å². The fourth-order valence-electron chi connectivity index (χ4n) is 2.54. The number of benzene rings is 3. The molecule has 3 aromatic carbocycles. The van der Waals surface area contributed by atoms with E-state index in [4.69, 9.17) is 4.74 Å². The van der Waals surface area contributed by atoms with Crippen molar-refractivity contribution in [1.82, 2.24) is 5.32 Å². The van der Waals surface area contributed by atoms with Gasteiger partial charge in [0.2, 0.25) is 0 Å². The summed E-state index contributed by atoms with van der Waals surface area (Å²) in [7, 11) is 1.69. The molecule has 0 spiro atoms. The summed E-state index contributed by atoms with van der Waals surface area (Å²) < 4.78 is 5.17. The third kappa shape index (κ3) is 4.21. The molecular formula is C21H21NO. The van der Waals surface area contributed by atoms with Gasteiger partial charge in [-0.15, -0.1) is 0 Å². The van der Waals surface area contributed by atoms with Crippen LogP contribution in [-0.4, -0.2) is 7.11 Å². The lowest BCUT2D eigenvalue weighted by Gasteiger charge is -2.07. The molecule has 0 aliphatic carbocycles. The van der Waals surface area contributed by atoms with E-state index in [2.05, 4.69) is 66.0 Å². The molecule has 0 bridgehead atoms. The first-order valence-electron chi connectivity index (χ1n) is 7.83. The number of hydrogen-bond acceptors (Lipinski definition) is 2. The van der Waals surface area contributed by atoms with E-state index < -0.39 is 0 Å².